The van der Waals surface area contributed by atoms with E-state index in [0.29, 0.717) is 12.2 Å². The first-order valence-corrected chi connectivity index (χ1v) is 3.32. The van der Waals surface area contributed by atoms with Crippen LogP contribution in [0.4, 0.5) is 17.3 Å². The number of aromatic nitrogens is 2. The van der Waals surface area contributed by atoms with Gasteiger partial charge in [-0.15, -0.1) is 0 Å². The van der Waals surface area contributed by atoms with Gasteiger partial charge in [-0.2, -0.15) is 0 Å². The van der Waals surface area contributed by atoms with Crippen molar-refractivity contribution in [1.29, 1.82) is 0 Å². The van der Waals surface area contributed by atoms with E-state index < -0.39 is 0 Å². The zero-order chi connectivity index (χ0) is 8.43. The van der Waals surface area contributed by atoms with Crippen LogP contribution in [0.15, 0.2) is 0 Å². The minimum Gasteiger partial charge on any atom is -0.393 e. The van der Waals surface area contributed by atoms with E-state index in [0.717, 1.165) is 0 Å². The van der Waals surface area contributed by atoms with E-state index in [1.807, 2.05) is 6.92 Å². The fourth-order valence-corrected chi connectivity index (χ4v) is 0.713. The highest BCUT2D eigenvalue weighted by molar-refractivity contribution is 5.70. The Bertz CT molecular complexity index is 247. The molecule has 0 radical (unpaired) electrons. The van der Waals surface area contributed by atoms with Gasteiger partial charge in [0.2, 0.25) is 0 Å². The quantitative estimate of drug-likeness (QED) is 0.517. The van der Waals surface area contributed by atoms with Crippen LogP contribution in [-0.2, 0) is 6.42 Å². The van der Waals surface area contributed by atoms with E-state index in [9.17, 15) is 0 Å². The van der Waals surface area contributed by atoms with Gasteiger partial charge in [-0.3, -0.25) is 0 Å². The maximum atomic E-state index is 5.44. The molecule has 0 fully saturated rings. The van der Waals surface area contributed by atoms with Crippen LogP contribution in [0.3, 0.4) is 0 Å². The molecular weight excluding hydrogens is 142 g/mol. The molecule has 0 bridgehead atoms. The molecule has 0 aromatic carbocycles. The third-order valence-electron chi connectivity index (χ3n) is 1.37. The van der Waals surface area contributed by atoms with Gasteiger partial charge >= 0.3 is 0 Å². The molecule has 11 heavy (non-hydrogen) atoms. The van der Waals surface area contributed by atoms with Crippen molar-refractivity contribution in [2.75, 3.05) is 17.2 Å². The fourth-order valence-electron chi connectivity index (χ4n) is 0.713. The predicted molar refractivity (Wildman–Crippen MR) is 44.6 cm³/mol. The summed E-state index contributed by atoms with van der Waals surface area (Å²) in [6.45, 7) is 1.92. The van der Waals surface area contributed by atoms with Crippen molar-refractivity contribution in [1.82, 2.24) is 9.97 Å². The molecular formula is C6H11N5. The fraction of sp³-hybridized carbons (Fsp3) is 0.333. The van der Waals surface area contributed by atoms with Gasteiger partial charge < -0.3 is 17.2 Å². The van der Waals surface area contributed by atoms with E-state index >= 15 is 0 Å². The van der Waals surface area contributed by atoms with Gasteiger partial charge in [0.15, 0.2) is 11.6 Å². The predicted octanol–water partition coefficient (Wildman–Crippen LogP) is -0.214. The van der Waals surface area contributed by atoms with Crippen LogP contribution in [0.1, 0.15) is 12.7 Å². The van der Waals surface area contributed by atoms with Gasteiger partial charge in [0.05, 0.1) is 0 Å². The van der Waals surface area contributed by atoms with E-state index in [1.54, 1.807) is 0 Å². The second kappa shape index (κ2) is 2.61. The molecule has 0 unspecified atom stereocenters. The third-order valence-corrected chi connectivity index (χ3v) is 1.37. The Hall–Kier alpha value is -1.52. The lowest BCUT2D eigenvalue weighted by Crippen LogP contribution is -2.07. The van der Waals surface area contributed by atoms with Crippen LogP contribution in [0, 0.1) is 0 Å². The molecule has 5 nitrogen and oxygen atoms in total. The van der Waals surface area contributed by atoms with Gasteiger partial charge in [0.25, 0.3) is 0 Å². The summed E-state index contributed by atoms with van der Waals surface area (Å²) in [5, 5.41) is 0. The number of nitrogen functional groups attached to an aromatic ring is 3. The molecule has 0 aliphatic heterocycles. The van der Waals surface area contributed by atoms with Gasteiger partial charge in [0.1, 0.15) is 11.5 Å². The Kier molecular flexibility index (Phi) is 1.80. The second-order valence-electron chi connectivity index (χ2n) is 2.18. The van der Waals surface area contributed by atoms with Crippen LogP contribution >= 0.6 is 0 Å². The summed E-state index contributed by atoms with van der Waals surface area (Å²) >= 11 is 0. The molecule has 0 spiro atoms. The van der Waals surface area contributed by atoms with Crippen LogP contribution in [0.25, 0.3) is 0 Å². The average Bonchev–Trinajstić information content (AvgIpc) is 1.99. The van der Waals surface area contributed by atoms with Crippen molar-refractivity contribution in [3.63, 3.8) is 0 Å². The molecule has 6 N–H and O–H groups in total. The maximum Gasteiger partial charge on any atom is 0.152 e. The van der Waals surface area contributed by atoms with Crippen LogP contribution in [0.2, 0.25) is 0 Å². The summed E-state index contributed by atoms with van der Waals surface area (Å²) < 4.78 is 0. The van der Waals surface area contributed by atoms with Crippen molar-refractivity contribution in [2.45, 2.75) is 13.3 Å². The smallest absolute Gasteiger partial charge is 0.152 e. The normalized spacial score (nSPS) is 9.91. The number of hydrogen-bond acceptors (Lipinski definition) is 5. The topological polar surface area (TPSA) is 104 Å². The molecule has 0 atom stereocenters. The lowest BCUT2D eigenvalue weighted by atomic mass is 10.4. The van der Waals surface area contributed by atoms with Crippen molar-refractivity contribution in [3.05, 3.63) is 5.82 Å². The summed E-state index contributed by atoms with van der Waals surface area (Å²) in [4.78, 5) is 7.83. The first-order valence-electron chi connectivity index (χ1n) is 3.32. The average molecular weight is 153 g/mol. The number of nitrogens with zero attached hydrogens (tertiary/aromatic N) is 2. The minimum absolute atomic E-state index is 0.259. The van der Waals surface area contributed by atoms with Gasteiger partial charge in [-0.05, 0) is 0 Å². The van der Waals surface area contributed by atoms with Crippen molar-refractivity contribution in [2.24, 2.45) is 0 Å². The molecule has 5 heteroatoms. The monoisotopic (exact) mass is 153 g/mol. The molecule has 0 aliphatic rings. The number of anilines is 3. The molecule has 1 aromatic rings. The van der Waals surface area contributed by atoms with Crippen molar-refractivity contribution >= 4 is 17.3 Å². The number of rotatable bonds is 1. The van der Waals surface area contributed by atoms with E-state index in [4.69, 9.17) is 17.2 Å². The Morgan fingerprint density at radius 2 is 1.55 bits per heavy atom. The van der Waals surface area contributed by atoms with Crippen LogP contribution in [-0.4, -0.2) is 9.97 Å². The zero-order valence-electron chi connectivity index (χ0n) is 6.33. The summed E-state index contributed by atoms with van der Waals surface area (Å²) in [6, 6.07) is 0. The molecule has 1 heterocycles. The molecule has 0 saturated carbocycles. The standard InChI is InChI=1S/C6H11N5/c1-2-3-10-5(8)4(7)6(9)11-3/h2,7H2,1H3,(H4,8,9,10,11). The molecule has 0 amide bonds. The largest absolute Gasteiger partial charge is 0.393 e. The lowest BCUT2D eigenvalue weighted by molar-refractivity contribution is 0.952. The zero-order valence-corrected chi connectivity index (χ0v) is 6.33. The Balaban J connectivity index is 3.21. The Morgan fingerprint density at radius 1 is 1.09 bits per heavy atom. The lowest BCUT2D eigenvalue weighted by Gasteiger charge is -2.03. The van der Waals surface area contributed by atoms with Crippen LogP contribution < -0.4 is 17.2 Å². The van der Waals surface area contributed by atoms with Gasteiger partial charge in [-0.25, -0.2) is 9.97 Å². The first kappa shape index (κ1) is 7.59. The highest BCUT2D eigenvalue weighted by Gasteiger charge is 2.03. The Labute approximate surface area is 64.6 Å². The number of hydrogen-bond donors (Lipinski definition) is 3. The van der Waals surface area contributed by atoms with Crippen molar-refractivity contribution in [3.8, 4) is 0 Å². The summed E-state index contributed by atoms with van der Waals surface area (Å²) in [6.07, 6.45) is 0.703. The van der Waals surface area contributed by atoms with Gasteiger partial charge in [-0.1, -0.05) is 6.92 Å². The molecule has 0 saturated heterocycles. The van der Waals surface area contributed by atoms with Crippen LogP contribution in [0.5, 0.6) is 0 Å². The summed E-state index contributed by atoms with van der Waals surface area (Å²) in [5.41, 5.74) is 16.6. The van der Waals surface area contributed by atoms with E-state index in [2.05, 4.69) is 9.97 Å². The number of nitrogens with two attached hydrogens (primary N) is 3. The highest BCUT2D eigenvalue weighted by Crippen LogP contribution is 2.17. The summed E-state index contributed by atoms with van der Waals surface area (Å²) in [7, 11) is 0. The van der Waals surface area contributed by atoms with Crippen molar-refractivity contribution < 1.29 is 0 Å². The Morgan fingerprint density at radius 3 is 1.91 bits per heavy atom. The maximum absolute atomic E-state index is 5.44. The third kappa shape index (κ3) is 1.31. The highest BCUT2D eigenvalue weighted by atomic mass is 15.0. The first-order chi connectivity index (χ1) is 5.15. The van der Waals surface area contributed by atoms with Gasteiger partial charge in [0, 0.05) is 6.42 Å². The minimum atomic E-state index is 0.259. The van der Waals surface area contributed by atoms with E-state index in [-0.39, 0.29) is 17.3 Å². The molecule has 0 aliphatic carbocycles. The molecule has 1 aromatic heterocycles. The SMILES string of the molecule is CCc1nc(N)c(N)c(N)n1. The molecule has 1 rings (SSSR count). The summed E-state index contributed by atoms with van der Waals surface area (Å²) in [5.74, 6) is 1.14. The number of aryl methyl sites for hydroxylation is 1. The molecule has 60 valence electrons. The second-order valence-corrected chi connectivity index (χ2v) is 2.18. The van der Waals surface area contributed by atoms with E-state index in [1.165, 1.54) is 0 Å².